The quantitative estimate of drug-likeness (QED) is 0.764. The van der Waals surface area contributed by atoms with Crippen LogP contribution in [-0.2, 0) is 4.79 Å². The van der Waals surface area contributed by atoms with Crippen LogP contribution in [0.2, 0.25) is 0 Å². The Hall–Kier alpha value is -2.29. The number of benzene rings is 2. The molecule has 0 heterocycles. The molecule has 0 aromatic heterocycles. The van der Waals surface area contributed by atoms with Crippen LogP contribution >= 0.6 is 0 Å². The van der Waals surface area contributed by atoms with Gasteiger partial charge in [0.05, 0.1) is 6.04 Å². The topological polar surface area (TPSA) is 38.3 Å². The molecule has 2 rings (SSSR count). The average Bonchev–Trinajstić information content (AvgIpc) is 2.60. The standard InChI is InChI=1S/C22H29NO2/c1-6-20(18-12-11-16(4)17(5)13-18)23-22(24)14-25-21-10-8-7-9-19(21)15(2)3/h7-13,15,20H,6,14H2,1-5H3,(H,23,24)/t20-/m1/s1. The molecule has 1 amide bonds. The van der Waals surface area contributed by atoms with Crippen LogP contribution in [0.5, 0.6) is 5.75 Å². The van der Waals surface area contributed by atoms with E-state index in [2.05, 4.69) is 58.1 Å². The molecule has 3 nitrogen and oxygen atoms in total. The van der Waals surface area contributed by atoms with Crippen molar-refractivity contribution in [3.63, 3.8) is 0 Å². The Balaban J connectivity index is 2.00. The first-order valence-corrected chi connectivity index (χ1v) is 9.00. The molecule has 134 valence electrons. The molecule has 0 unspecified atom stereocenters. The molecule has 0 saturated carbocycles. The summed E-state index contributed by atoms with van der Waals surface area (Å²) in [5.74, 6) is 1.05. The molecule has 3 heteroatoms. The normalized spacial score (nSPS) is 12.1. The number of rotatable bonds is 7. The summed E-state index contributed by atoms with van der Waals surface area (Å²) in [7, 11) is 0. The molecule has 1 N–H and O–H groups in total. The van der Waals surface area contributed by atoms with Gasteiger partial charge in [-0.1, -0.05) is 57.2 Å². The summed E-state index contributed by atoms with van der Waals surface area (Å²) in [5, 5.41) is 3.08. The summed E-state index contributed by atoms with van der Waals surface area (Å²) in [6.45, 7) is 10.5. The lowest BCUT2D eigenvalue weighted by atomic mass is 9.99. The summed E-state index contributed by atoms with van der Waals surface area (Å²) >= 11 is 0. The minimum absolute atomic E-state index is 0.00995. The zero-order valence-electron chi connectivity index (χ0n) is 15.9. The Morgan fingerprint density at radius 2 is 1.80 bits per heavy atom. The van der Waals surface area contributed by atoms with Crippen molar-refractivity contribution in [1.29, 1.82) is 0 Å². The zero-order chi connectivity index (χ0) is 18.4. The van der Waals surface area contributed by atoms with Gasteiger partial charge in [-0.3, -0.25) is 4.79 Å². The van der Waals surface area contributed by atoms with E-state index < -0.39 is 0 Å². The van der Waals surface area contributed by atoms with Crippen LogP contribution in [-0.4, -0.2) is 12.5 Å². The highest BCUT2D eigenvalue weighted by Gasteiger charge is 2.15. The fraction of sp³-hybridized carbons (Fsp3) is 0.409. The van der Waals surface area contributed by atoms with Crippen molar-refractivity contribution in [1.82, 2.24) is 5.32 Å². The first-order chi connectivity index (χ1) is 11.9. The van der Waals surface area contributed by atoms with E-state index in [1.165, 1.54) is 11.1 Å². The van der Waals surface area contributed by atoms with Crippen molar-refractivity contribution < 1.29 is 9.53 Å². The Labute approximate surface area is 151 Å². The molecule has 25 heavy (non-hydrogen) atoms. The fourth-order valence-corrected chi connectivity index (χ4v) is 2.87. The van der Waals surface area contributed by atoms with Crippen molar-refractivity contribution in [3.05, 3.63) is 64.7 Å². The highest BCUT2D eigenvalue weighted by Crippen LogP contribution is 2.26. The third kappa shape index (κ3) is 5.09. The maximum Gasteiger partial charge on any atom is 0.258 e. The van der Waals surface area contributed by atoms with Gasteiger partial charge in [-0.25, -0.2) is 0 Å². The summed E-state index contributed by atoms with van der Waals surface area (Å²) in [6, 6.07) is 14.2. The van der Waals surface area contributed by atoms with E-state index in [9.17, 15) is 4.79 Å². The average molecular weight is 339 g/mol. The Morgan fingerprint density at radius 3 is 2.44 bits per heavy atom. The van der Waals surface area contributed by atoms with Gasteiger partial charge in [0.15, 0.2) is 6.61 Å². The second kappa shape index (κ2) is 8.70. The molecule has 2 aromatic carbocycles. The molecular weight excluding hydrogens is 310 g/mol. The molecule has 0 aliphatic rings. The highest BCUT2D eigenvalue weighted by molar-refractivity contribution is 5.78. The van der Waals surface area contributed by atoms with Gasteiger partial charge in [0, 0.05) is 0 Å². The van der Waals surface area contributed by atoms with Crippen molar-refractivity contribution in [2.24, 2.45) is 0 Å². The molecule has 0 bridgehead atoms. The summed E-state index contributed by atoms with van der Waals surface area (Å²) in [6.07, 6.45) is 0.844. The number of hydrogen-bond donors (Lipinski definition) is 1. The monoisotopic (exact) mass is 339 g/mol. The van der Waals surface area contributed by atoms with Gasteiger partial charge >= 0.3 is 0 Å². The maximum atomic E-state index is 12.4. The van der Waals surface area contributed by atoms with E-state index in [-0.39, 0.29) is 18.6 Å². The zero-order valence-corrected chi connectivity index (χ0v) is 15.9. The molecule has 2 aromatic rings. The van der Waals surface area contributed by atoms with E-state index >= 15 is 0 Å². The molecular formula is C22H29NO2. The predicted octanol–water partition coefficient (Wildman–Crippen LogP) is 5.07. The third-order valence-electron chi connectivity index (χ3n) is 4.58. The van der Waals surface area contributed by atoms with Crippen LogP contribution in [0.25, 0.3) is 0 Å². The minimum Gasteiger partial charge on any atom is -0.483 e. The smallest absolute Gasteiger partial charge is 0.258 e. The lowest BCUT2D eigenvalue weighted by molar-refractivity contribution is -0.123. The van der Waals surface area contributed by atoms with Gasteiger partial charge in [-0.15, -0.1) is 0 Å². The molecule has 0 saturated heterocycles. The van der Waals surface area contributed by atoms with E-state index in [0.717, 1.165) is 23.3 Å². The van der Waals surface area contributed by atoms with Gasteiger partial charge in [-0.05, 0) is 54.5 Å². The van der Waals surface area contributed by atoms with E-state index in [0.29, 0.717) is 5.92 Å². The second-order valence-corrected chi connectivity index (χ2v) is 6.85. The van der Waals surface area contributed by atoms with E-state index in [1.807, 2.05) is 24.3 Å². The maximum absolute atomic E-state index is 12.4. The van der Waals surface area contributed by atoms with Gasteiger partial charge in [-0.2, -0.15) is 0 Å². The second-order valence-electron chi connectivity index (χ2n) is 6.85. The first-order valence-electron chi connectivity index (χ1n) is 9.00. The summed E-state index contributed by atoms with van der Waals surface area (Å²) in [5.41, 5.74) is 4.77. The van der Waals surface area contributed by atoms with Crippen molar-refractivity contribution >= 4 is 5.91 Å². The van der Waals surface area contributed by atoms with Crippen LogP contribution in [0.3, 0.4) is 0 Å². The van der Waals surface area contributed by atoms with Gasteiger partial charge in [0.25, 0.3) is 5.91 Å². The number of ether oxygens (including phenoxy) is 1. The number of nitrogens with one attached hydrogen (secondary N) is 1. The Bertz CT molecular complexity index is 722. The lowest BCUT2D eigenvalue weighted by Gasteiger charge is -2.19. The van der Waals surface area contributed by atoms with Crippen molar-refractivity contribution in [2.75, 3.05) is 6.61 Å². The number of carbonyl (C=O) groups excluding carboxylic acids is 1. The van der Waals surface area contributed by atoms with Gasteiger partial charge in [0.2, 0.25) is 0 Å². The van der Waals surface area contributed by atoms with Crippen molar-refractivity contribution in [3.8, 4) is 5.75 Å². The van der Waals surface area contributed by atoms with Crippen LogP contribution in [0.4, 0.5) is 0 Å². The third-order valence-corrected chi connectivity index (χ3v) is 4.58. The molecule has 0 radical (unpaired) electrons. The number of carbonyl (C=O) groups is 1. The van der Waals surface area contributed by atoms with Crippen LogP contribution in [0.1, 0.15) is 61.4 Å². The Morgan fingerprint density at radius 1 is 1.08 bits per heavy atom. The van der Waals surface area contributed by atoms with Crippen molar-refractivity contribution in [2.45, 2.75) is 53.0 Å². The number of para-hydroxylation sites is 1. The van der Waals surface area contributed by atoms with Gasteiger partial charge in [0.1, 0.15) is 5.75 Å². The fourth-order valence-electron chi connectivity index (χ4n) is 2.87. The van der Waals surface area contributed by atoms with E-state index in [1.54, 1.807) is 0 Å². The Kier molecular flexibility index (Phi) is 6.63. The largest absolute Gasteiger partial charge is 0.483 e. The molecule has 1 atom stereocenters. The van der Waals surface area contributed by atoms with Crippen LogP contribution in [0.15, 0.2) is 42.5 Å². The SMILES string of the molecule is CC[C@@H](NC(=O)COc1ccccc1C(C)C)c1ccc(C)c(C)c1. The first kappa shape index (κ1) is 19.0. The molecule has 0 aliphatic heterocycles. The summed E-state index contributed by atoms with van der Waals surface area (Å²) < 4.78 is 5.77. The number of hydrogen-bond acceptors (Lipinski definition) is 2. The van der Waals surface area contributed by atoms with Crippen LogP contribution in [0, 0.1) is 13.8 Å². The molecule has 0 fully saturated rings. The molecule has 0 aliphatic carbocycles. The van der Waals surface area contributed by atoms with Gasteiger partial charge < -0.3 is 10.1 Å². The predicted molar refractivity (Wildman–Crippen MR) is 103 cm³/mol. The highest BCUT2D eigenvalue weighted by atomic mass is 16.5. The number of aryl methyl sites for hydroxylation is 2. The lowest BCUT2D eigenvalue weighted by Crippen LogP contribution is -2.32. The molecule has 0 spiro atoms. The minimum atomic E-state index is -0.0939. The van der Waals surface area contributed by atoms with Crippen LogP contribution < -0.4 is 10.1 Å². The number of amides is 1. The van der Waals surface area contributed by atoms with E-state index in [4.69, 9.17) is 4.74 Å². The summed E-state index contributed by atoms with van der Waals surface area (Å²) in [4.78, 5) is 12.4.